The average Bonchev–Trinajstić information content (AvgIpc) is 3.45. The molecular weight excluding hydrogens is 444 g/mol. The second kappa shape index (κ2) is 9.68. The van der Waals surface area contributed by atoms with E-state index in [0.29, 0.717) is 42.7 Å². The topological polar surface area (TPSA) is 110 Å². The summed E-state index contributed by atoms with van der Waals surface area (Å²) in [5, 5.41) is 9.21. The minimum Gasteiger partial charge on any atom is -0.490 e. The first-order valence-corrected chi connectivity index (χ1v) is 12.5. The molecule has 0 spiro atoms. The van der Waals surface area contributed by atoms with Gasteiger partial charge < -0.3 is 24.3 Å². The van der Waals surface area contributed by atoms with Crippen LogP contribution in [0.15, 0.2) is 64.5 Å². The van der Waals surface area contributed by atoms with Gasteiger partial charge in [0.1, 0.15) is 29.5 Å². The van der Waals surface area contributed by atoms with Gasteiger partial charge in [-0.25, -0.2) is 13.4 Å². The third kappa shape index (κ3) is 5.74. The SMILES string of the molecule is C[C@@H](CCO)Oc1cc(Oc2ccc(S(C)(=O)=O)cc2)cc(-c2ccc(C3=NCCO3)[nH]2)c1. The predicted octanol–water partition coefficient (Wildman–Crippen LogP) is 3.80. The van der Waals surface area contributed by atoms with E-state index in [2.05, 4.69) is 9.98 Å². The first-order valence-electron chi connectivity index (χ1n) is 10.6. The van der Waals surface area contributed by atoms with Crippen molar-refractivity contribution in [3.8, 4) is 28.5 Å². The summed E-state index contributed by atoms with van der Waals surface area (Å²) in [6, 6.07) is 15.6. The maximum atomic E-state index is 11.7. The smallest absolute Gasteiger partial charge is 0.233 e. The third-order valence-corrected chi connectivity index (χ3v) is 6.18. The van der Waals surface area contributed by atoms with Gasteiger partial charge in [0.2, 0.25) is 5.90 Å². The van der Waals surface area contributed by atoms with Crippen molar-refractivity contribution in [2.45, 2.75) is 24.3 Å². The number of aliphatic imine (C=N–C) groups is 1. The van der Waals surface area contributed by atoms with E-state index in [1.165, 1.54) is 12.1 Å². The first-order chi connectivity index (χ1) is 15.8. The number of nitrogens with one attached hydrogen (secondary N) is 1. The van der Waals surface area contributed by atoms with Crippen molar-refractivity contribution < 1.29 is 27.7 Å². The van der Waals surface area contributed by atoms with E-state index in [9.17, 15) is 13.5 Å². The summed E-state index contributed by atoms with van der Waals surface area (Å²) >= 11 is 0. The van der Waals surface area contributed by atoms with Gasteiger partial charge in [-0.2, -0.15) is 0 Å². The molecule has 2 aromatic carbocycles. The van der Waals surface area contributed by atoms with E-state index >= 15 is 0 Å². The molecule has 3 aromatic rings. The Hall–Kier alpha value is -3.30. The van der Waals surface area contributed by atoms with Crippen LogP contribution in [0.2, 0.25) is 0 Å². The fraction of sp³-hybridized carbons (Fsp3) is 0.292. The van der Waals surface area contributed by atoms with Crippen LogP contribution in [0.25, 0.3) is 11.3 Å². The highest BCUT2D eigenvalue weighted by molar-refractivity contribution is 7.90. The van der Waals surface area contributed by atoms with Gasteiger partial charge in [-0.3, -0.25) is 0 Å². The van der Waals surface area contributed by atoms with Crippen LogP contribution in [-0.4, -0.2) is 56.5 Å². The Kier molecular flexibility index (Phi) is 6.71. The highest BCUT2D eigenvalue weighted by atomic mass is 32.2. The molecule has 0 unspecified atom stereocenters. The van der Waals surface area contributed by atoms with Gasteiger partial charge in [0.15, 0.2) is 9.84 Å². The van der Waals surface area contributed by atoms with E-state index < -0.39 is 9.84 Å². The summed E-state index contributed by atoms with van der Waals surface area (Å²) in [5.41, 5.74) is 2.46. The molecule has 2 N–H and O–H groups in total. The van der Waals surface area contributed by atoms with Gasteiger partial charge in [0.05, 0.1) is 17.5 Å². The van der Waals surface area contributed by atoms with Crippen LogP contribution in [-0.2, 0) is 14.6 Å². The number of nitrogens with zero attached hydrogens (tertiary/aromatic N) is 1. The number of aliphatic hydroxyl groups excluding tert-OH is 1. The quantitative estimate of drug-likeness (QED) is 0.492. The van der Waals surface area contributed by atoms with Crippen molar-refractivity contribution in [3.05, 3.63) is 60.3 Å². The van der Waals surface area contributed by atoms with Crippen LogP contribution >= 0.6 is 0 Å². The van der Waals surface area contributed by atoms with Gasteiger partial charge in [0.25, 0.3) is 0 Å². The molecule has 2 heterocycles. The third-order valence-electron chi connectivity index (χ3n) is 5.05. The normalized spacial score (nSPS) is 14.5. The van der Waals surface area contributed by atoms with Crippen LogP contribution in [0, 0.1) is 0 Å². The second-order valence-electron chi connectivity index (χ2n) is 7.80. The van der Waals surface area contributed by atoms with Crippen molar-refractivity contribution in [3.63, 3.8) is 0 Å². The van der Waals surface area contributed by atoms with Crippen molar-refractivity contribution in [2.24, 2.45) is 4.99 Å². The molecule has 1 aliphatic heterocycles. The summed E-state index contributed by atoms with van der Waals surface area (Å²) in [7, 11) is -3.29. The minimum absolute atomic E-state index is 0.0268. The Morgan fingerprint density at radius 3 is 2.45 bits per heavy atom. The zero-order valence-corrected chi connectivity index (χ0v) is 19.3. The van der Waals surface area contributed by atoms with E-state index in [1.54, 1.807) is 18.2 Å². The van der Waals surface area contributed by atoms with Crippen LogP contribution in [0.1, 0.15) is 19.0 Å². The molecule has 0 bridgehead atoms. The molecule has 1 atom stereocenters. The van der Waals surface area contributed by atoms with Crippen molar-refractivity contribution >= 4 is 15.7 Å². The van der Waals surface area contributed by atoms with Crippen LogP contribution in [0.5, 0.6) is 17.2 Å². The molecule has 0 saturated carbocycles. The molecule has 9 heteroatoms. The number of aromatic nitrogens is 1. The predicted molar refractivity (Wildman–Crippen MR) is 125 cm³/mol. The Bertz CT molecular complexity index is 1250. The van der Waals surface area contributed by atoms with E-state index in [-0.39, 0.29) is 17.6 Å². The lowest BCUT2D eigenvalue weighted by atomic mass is 10.1. The van der Waals surface area contributed by atoms with E-state index in [4.69, 9.17) is 14.2 Å². The number of H-pyrrole nitrogens is 1. The molecule has 174 valence electrons. The summed E-state index contributed by atoms with van der Waals surface area (Å²) in [5.74, 6) is 2.20. The molecule has 4 rings (SSSR count). The maximum absolute atomic E-state index is 11.7. The van der Waals surface area contributed by atoms with Gasteiger partial charge in [-0.15, -0.1) is 0 Å². The summed E-state index contributed by atoms with van der Waals surface area (Å²) in [6.07, 6.45) is 1.47. The monoisotopic (exact) mass is 470 g/mol. The van der Waals surface area contributed by atoms with Crippen molar-refractivity contribution in [1.29, 1.82) is 0 Å². The lowest BCUT2D eigenvalue weighted by Crippen LogP contribution is -2.13. The average molecular weight is 471 g/mol. The summed E-state index contributed by atoms with van der Waals surface area (Å²) in [4.78, 5) is 7.88. The van der Waals surface area contributed by atoms with Gasteiger partial charge in [0, 0.05) is 36.6 Å². The Morgan fingerprint density at radius 1 is 1.06 bits per heavy atom. The molecule has 0 saturated heterocycles. The summed E-state index contributed by atoms with van der Waals surface area (Å²) in [6.45, 7) is 3.13. The molecule has 1 aromatic heterocycles. The molecule has 1 aliphatic rings. The number of sulfone groups is 1. The van der Waals surface area contributed by atoms with E-state index in [1.807, 2.05) is 31.2 Å². The standard InChI is InChI=1S/C24H26N2O6S/c1-16(9-11-27)31-19-13-17(22-7-8-23(26-22)24-25-10-12-30-24)14-20(15-19)32-18-3-5-21(6-4-18)33(2,28)29/h3-8,13-16,26-27H,9-12H2,1-2H3/t16-/m0/s1. The highest BCUT2D eigenvalue weighted by Gasteiger charge is 2.15. The molecule has 0 radical (unpaired) electrons. The maximum Gasteiger partial charge on any atom is 0.233 e. The number of hydrogen-bond donors (Lipinski definition) is 2. The largest absolute Gasteiger partial charge is 0.490 e. The molecule has 0 aliphatic carbocycles. The molecule has 0 fully saturated rings. The number of aliphatic hydroxyl groups is 1. The minimum atomic E-state index is -3.29. The number of aromatic amines is 1. The molecule has 0 amide bonds. The second-order valence-corrected chi connectivity index (χ2v) is 9.82. The lowest BCUT2D eigenvalue weighted by molar-refractivity contribution is 0.168. The lowest BCUT2D eigenvalue weighted by Gasteiger charge is -2.16. The Balaban J connectivity index is 1.64. The number of rotatable bonds is 9. The van der Waals surface area contributed by atoms with Gasteiger partial charge in [-0.05, 0) is 55.5 Å². The number of hydrogen-bond acceptors (Lipinski definition) is 7. The zero-order chi connectivity index (χ0) is 23.4. The number of benzene rings is 2. The van der Waals surface area contributed by atoms with E-state index in [0.717, 1.165) is 23.2 Å². The highest BCUT2D eigenvalue weighted by Crippen LogP contribution is 2.33. The molecular formula is C24H26N2O6S. The number of ether oxygens (including phenoxy) is 3. The zero-order valence-electron chi connectivity index (χ0n) is 18.4. The van der Waals surface area contributed by atoms with Crippen molar-refractivity contribution in [1.82, 2.24) is 4.98 Å². The van der Waals surface area contributed by atoms with Crippen LogP contribution < -0.4 is 9.47 Å². The van der Waals surface area contributed by atoms with Crippen LogP contribution in [0.4, 0.5) is 0 Å². The fourth-order valence-electron chi connectivity index (χ4n) is 3.40. The van der Waals surface area contributed by atoms with Crippen LogP contribution in [0.3, 0.4) is 0 Å². The Morgan fingerprint density at radius 2 is 1.79 bits per heavy atom. The fourth-order valence-corrected chi connectivity index (χ4v) is 4.03. The first kappa shape index (κ1) is 22.9. The van der Waals surface area contributed by atoms with Crippen molar-refractivity contribution in [2.75, 3.05) is 26.0 Å². The Labute approximate surface area is 192 Å². The molecule has 33 heavy (non-hydrogen) atoms. The van der Waals surface area contributed by atoms with Gasteiger partial charge >= 0.3 is 0 Å². The summed E-state index contributed by atoms with van der Waals surface area (Å²) < 4.78 is 40.9. The van der Waals surface area contributed by atoms with Gasteiger partial charge in [-0.1, -0.05) is 0 Å². The molecule has 8 nitrogen and oxygen atoms in total.